The van der Waals surface area contributed by atoms with Gasteiger partial charge in [-0.1, -0.05) is 16.8 Å². The van der Waals surface area contributed by atoms with Gasteiger partial charge in [-0.2, -0.15) is 0 Å². The fourth-order valence-corrected chi connectivity index (χ4v) is 0.801. The summed E-state index contributed by atoms with van der Waals surface area (Å²) in [6, 6.07) is 0. The summed E-state index contributed by atoms with van der Waals surface area (Å²) < 4.78 is 0. The van der Waals surface area contributed by atoms with Gasteiger partial charge in [-0.3, -0.25) is 0 Å². The molecule has 0 aromatic carbocycles. The predicted molar refractivity (Wildman–Crippen MR) is 46.1 cm³/mol. The van der Waals surface area contributed by atoms with Gasteiger partial charge in [0.2, 0.25) is 0 Å². The van der Waals surface area contributed by atoms with Crippen LogP contribution in [0.4, 0.5) is 5.82 Å². The lowest BCUT2D eigenvalue weighted by molar-refractivity contribution is 0.215. The van der Waals surface area contributed by atoms with Gasteiger partial charge in [-0.15, -0.1) is 0 Å². The quantitative estimate of drug-likeness (QED) is 0.419. The molecule has 1 heterocycles. The van der Waals surface area contributed by atoms with Crippen LogP contribution in [-0.4, -0.2) is 23.3 Å². The van der Waals surface area contributed by atoms with Crippen molar-refractivity contribution in [2.75, 3.05) is 12.8 Å². The van der Waals surface area contributed by atoms with Crippen molar-refractivity contribution in [3.63, 3.8) is 0 Å². The highest BCUT2D eigenvalue weighted by molar-refractivity contribution is 6.32. The average molecular weight is 187 g/mol. The monoisotopic (exact) mass is 186 g/mol. The first kappa shape index (κ1) is 8.73. The molecule has 0 bridgehead atoms. The third kappa shape index (κ3) is 1.82. The van der Waals surface area contributed by atoms with Crippen molar-refractivity contribution in [1.82, 2.24) is 9.97 Å². The molecule has 0 spiro atoms. The van der Waals surface area contributed by atoms with Crippen molar-refractivity contribution in [2.24, 2.45) is 5.16 Å². The Kier molecular flexibility index (Phi) is 2.82. The summed E-state index contributed by atoms with van der Waals surface area (Å²) in [6.45, 7) is 0. The Morgan fingerprint density at radius 3 is 3.00 bits per heavy atom. The van der Waals surface area contributed by atoms with Gasteiger partial charge in [-0.25, -0.2) is 9.97 Å². The van der Waals surface area contributed by atoms with Crippen molar-refractivity contribution in [1.29, 1.82) is 0 Å². The molecule has 1 aromatic rings. The van der Waals surface area contributed by atoms with E-state index in [-0.39, 0.29) is 11.0 Å². The largest absolute Gasteiger partial charge is 0.399 e. The number of nitrogens with zero attached hydrogens (tertiary/aromatic N) is 3. The average Bonchev–Trinajstić information content (AvgIpc) is 2.04. The summed E-state index contributed by atoms with van der Waals surface area (Å²) in [5, 5.41) is 3.75. The SMILES string of the molecule is CO/N=C/c1c(N)ncnc1Cl. The van der Waals surface area contributed by atoms with E-state index in [0.717, 1.165) is 0 Å². The molecule has 0 fully saturated rings. The summed E-state index contributed by atoms with van der Waals surface area (Å²) in [7, 11) is 1.42. The van der Waals surface area contributed by atoms with Gasteiger partial charge in [0, 0.05) is 0 Å². The highest BCUT2D eigenvalue weighted by atomic mass is 35.5. The number of nitrogen functional groups attached to an aromatic ring is 1. The zero-order valence-electron chi connectivity index (χ0n) is 6.36. The normalized spacial score (nSPS) is 10.5. The lowest BCUT2D eigenvalue weighted by Crippen LogP contribution is -1.99. The minimum Gasteiger partial charge on any atom is -0.399 e. The van der Waals surface area contributed by atoms with Gasteiger partial charge in [0.05, 0.1) is 11.8 Å². The topological polar surface area (TPSA) is 73.4 Å². The zero-order chi connectivity index (χ0) is 8.97. The van der Waals surface area contributed by atoms with E-state index < -0.39 is 0 Å². The molecule has 0 saturated carbocycles. The van der Waals surface area contributed by atoms with E-state index in [0.29, 0.717) is 5.56 Å². The highest BCUT2D eigenvalue weighted by Gasteiger charge is 2.03. The van der Waals surface area contributed by atoms with Crippen molar-refractivity contribution < 1.29 is 4.84 Å². The van der Waals surface area contributed by atoms with Crippen molar-refractivity contribution in [2.45, 2.75) is 0 Å². The van der Waals surface area contributed by atoms with Crippen LogP contribution in [0.5, 0.6) is 0 Å². The lowest BCUT2D eigenvalue weighted by atomic mass is 10.3. The molecule has 2 N–H and O–H groups in total. The summed E-state index contributed by atoms with van der Waals surface area (Å²) in [4.78, 5) is 11.9. The van der Waals surface area contributed by atoms with E-state index in [9.17, 15) is 0 Å². The second-order valence-corrected chi connectivity index (χ2v) is 2.24. The molecule has 6 heteroatoms. The number of oxime groups is 1. The molecule has 0 amide bonds. The molecule has 1 aromatic heterocycles. The van der Waals surface area contributed by atoms with E-state index in [1.807, 2.05) is 0 Å². The molecule has 0 saturated heterocycles. The van der Waals surface area contributed by atoms with Gasteiger partial charge in [0.15, 0.2) is 0 Å². The first-order chi connectivity index (χ1) is 5.75. The predicted octanol–water partition coefficient (Wildman–Crippen LogP) is 0.693. The van der Waals surface area contributed by atoms with Crippen LogP contribution in [0.3, 0.4) is 0 Å². The van der Waals surface area contributed by atoms with E-state index >= 15 is 0 Å². The van der Waals surface area contributed by atoms with Crippen LogP contribution >= 0.6 is 11.6 Å². The van der Waals surface area contributed by atoms with E-state index in [4.69, 9.17) is 17.3 Å². The summed E-state index contributed by atoms with van der Waals surface area (Å²) >= 11 is 5.69. The summed E-state index contributed by atoms with van der Waals surface area (Å²) in [5.41, 5.74) is 5.94. The summed E-state index contributed by atoms with van der Waals surface area (Å²) in [6.07, 6.45) is 2.64. The maximum absolute atomic E-state index is 5.69. The highest BCUT2D eigenvalue weighted by Crippen LogP contribution is 2.13. The fraction of sp³-hybridized carbons (Fsp3) is 0.167. The Hall–Kier alpha value is -1.36. The van der Waals surface area contributed by atoms with Crippen molar-refractivity contribution >= 4 is 23.6 Å². The van der Waals surface area contributed by atoms with Gasteiger partial charge >= 0.3 is 0 Å². The van der Waals surface area contributed by atoms with Crippen LogP contribution < -0.4 is 5.73 Å². The summed E-state index contributed by atoms with van der Waals surface area (Å²) in [5.74, 6) is 0.274. The third-order valence-electron chi connectivity index (χ3n) is 1.15. The van der Waals surface area contributed by atoms with Crippen LogP contribution in [0.2, 0.25) is 5.15 Å². The first-order valence-electron chi connectivity index (χ1n) is 3.08. The number of hydrogen-bond donors (Lipinski definition) is 1. The Balaban J connectivity index is 3.04. The molecule has 64 valence electrons. The molecule has 0 radical (unpaired) electrons. The Labute approximate surface area is 74.2 Å². The van der Waals surface area contributed by atoms with Gasteiger partial charge < -0.3 is 10.6 Å². The Bertz CT molecular complexity index is 281. The smallest absolute Gasteiger partial charge is 0.143 e. The van der Waals surface area contributed by atoms with Crippen LogP contribution in [0.25, 0.3) is 0 Å². The van der Waals surface area contributed by atoms with Crippen molar-refractivity contribution in [3.05, 3.63) is 17.0 Å². The molecule has 0 aliphatic rings. The molecule has 1 rings (SSSR count). The second-order valence-electron chi connectivity index (χ2n) is 1.88. The molecular formula is C6H7ClN4O. The van der Waals surface area contributed by atoms with Gasteiger partial charge in [0.1, 0.15) is 24.4 Å². The standard InChI is InChI=1S/C6H7ClN4O/c1-12-11-2-4-5(7)9-3-10-6(4)8/h2-3H,1H3,(H2,8,9,10)/b11-2+. The van der Waals surface area contributed by atoms with Crippen molar-refractivity contribution in [3.8, 4) is 0 Å². The van der Waals surface area contributed by atoms with E-state index in [1.54, 1.807) is 0 Å². The van der Waals surface area contributed by atoms with Crippen LogP contribution in [0, 0.1) is 0 Å². The number of aromatic nitrogens is 2. The fourth-order valence-electron chi connectivity index (χ4n) is 0.611. The minimum absolute atomic E-state index is 0.253. The first-order valence-corrected chi connectivity index (χ1v) is 3.46. The maximum atomic E-state index is 5.69. The lowest BCUT2D eigenvalue weighted by Gasteiger charge is -1.98. The minimum atomic E-state index is 0.253. The molecule has 5 nitrogen and oxygen atoms in total. The van der Waals surface area contributed by atoms with E-state index in [1.165, 1.54) is 19.7 Å². The number of hydrogen-bond acceptors (Lipinski definition) is 5. The molecule has 12 heavy (non-hydrogen) atoms. The zero-order valence-corrected chi connectivity index (χ0v) is 7.12. The Morgan fingerprint density at radius 1 is 1.67 bits per heavy atom. The molecular weight excluding hydrogens is 180 g/mol. The van der Waals surface area contributed by atoms with Gasteiger partial charge in [0.25, 0.3) is 0 Å². The van der Waals surface area contributed by atoms with Crippen LogP contribution in [-0.2, 0) is 4.84 Å². The number of rotatable bonds is 2. The van der Waals surface area contributed by atoms with Crippen LogP contribution in [0.15, 0.2) is 11.5 Å². The molecule has 0 aliphatic carbocycles. The molecule has 0 aliphatic heterocycles. The maximum Gasteiger partial charge on any atom is 0.143 e. The van der Waals surface area contributed by atoms with Crippen LogP contribution in [0.1, 0.15) is 5.56 Å². The number of nitrogens with two attached hydrogens (primary N) is 1. The number of anilines is 1. The third-order valence-corrected chi connectivity index (χ3v) is 1.45. The van der Waals surface area contributed by atoms with Gasteiger partial charge in [-0.05, 0) is 0 Å². The number of halogens is 1. The Morgan fingerprint density at radius 2 is 2.42 bits per heavy atom. The molecule has 0 atom stereocenters. The van der Waals surface area contributed by atoms with E-state index in [2.05, 4.69) is 20.0 Å². The molecule has 0 unspecified atom stereocenters. The second kappa shape index (κ2) is 3.87.